The van der Waals surface area contributed by atoms with Crippen molar-refractivity contribution < 1.29 is 22.3 Å². The topological polar surface area (TPSA) is 70.2 Å². The van der Waals surface area contributed by atoms with E-state index in [1.54, 1.807) is 4.90 Å². The van der Waals surface area contributed by atoms with Crippen LogP contribution >= 0.6 is 0 Å². The average Bonchev–Trinajstić information content (AvgIpc) is 2.64. The highest BCUT2D eigenvalue weighted by atomic mass is 32.2. The van der Waals surface area contributed by atoms with Crippen molar-refractivity contribution >= 4 is 15.9 Å². The zero-order valence-corrected chi connectivity index (χ0v) is 15.5. The third-order valence-corrected chi connectivity index (χ3v) is 6.56. The fourth-order valence-electron chi connectivity index (χ4n) is 3.15. The zero-order chi connectivity index (χ0) is 18.6. The summed E-state index contributed by atoms with van der Waals surface area (Å²) in [6.45, 7) is 4.50. The van der Waals surface area contributed by atoms with Crippen LogP contribution in [0.4, 0.5) is 4.39 Å². The minimum absolute atomic E-state index is 0.0301. The Morgan fingerprint density at radius 2 is 1.62 bits per heavy atom. The first kappa shape index (κ1) is 19.2. The van der Waals surface area contributed by atoms with Crippen molar-refractivity contribution in [2.24, 2.45) is 0 Å². The molecule has 0 unspecified atom stereocenters. The number of halogens is 1. The summed E-state index contributed by atoms with van der Waals surface area (Å²) in [6, 6.07) is 5.48. The van der Waals surface area contributed by atoms with E-state index in [9.17, 15) is 17.6 Å². The molecule has 9 heteroatoms. The number of morpholine rings is 1. The lowest BCUT2D eigenvalue weighted by atomic mass is 10.2. The smallest absolute Gasteiger partial charge is 0.236 e. The summed E-state index contributed by atoms with van der Waals surface area (Å²) in [6.07, 6.45) is 0. The number of ether oxygens (including phenoxy) is 1. The Bertz CT molecular complexity index is 712. The van der Waals surface area contributed by atoms with Crippen LogP contribution in [0.25, 0.3) is 0 Å². The average molecular weight is 385 g/mol. The Hall–Kier alpha value is -1.55. The normalized spacial score (nSPS) is 20.3. The Labute approximate surface area is 153 Å². The molecule has 3 rings (SSSR count). The molecule has 2 aliphatic heterocycles. The summed E-state index contributed by atoms with van der Waals surface area (Å²) in [7, 11) is -3.48. The molecule has 0 spiro atoms. The summed E-state index contributed by atoms with van der Waals surface area (Å²) in [5.41, 5.74) is 0.553. The zero-order valence-electron chi connectivity index (χ0n) is 14.6. The maximum atomic E-state index is 13.0. The van der Waals surface area contributed by atoms with Crippen molar-refractivity contribution in [2.75, 3.05) is 59.0 Å². The molecule has 2 saturated heterocycles. The fourth-order valence-corrected chi connectivity index (χ4v) is 4.66. The van der Waals surface area contributed by atoms with Gasteiger partial charge in [-0.3, -0.25) is 9.69 Å². The van der Waals surface area contributed by atoms with Gasteiger partial charge >= 0.3 is 0 Å². The van der Waals surface area contributed by atoms with E-state index in [0.29, 0.717) is 51.5 Å². The summed E-state index contributed by atoms with van der Waals surface area (Å²) >= 11 is 0. The molecule has 0 saturated carbocycles. The van der Waals surface area contributed by atoms with Crippen molar-refractivity contribution in [2.45, 2.75) is 5.75 Å². The van der Waals surface area contributed by atoms with Crippen LogP contribution < -0.4 is 0 Å². The van der Waals surface area contributed by atoms with Crippen LogP contribution in [0.1, 0.15) is 5.56 Å². The number of sulfonamides is 1. The molecule has 144 valence electrons. The molecular weight excluding hydrogens is 361 g/mol. The molecule has 0 radical (unpaired) electrons. The Morgan fingerprint density at radius 1 is 1.00 bits per heavy atom. The molecule has 0 atom stereocenters. The van der Waals surface area contributed by atoms with Crippen LogP contribution in [0, 0.1) is 5.82 Å². The Balaban J connectivity index is 1.50. The summed E-state index contributed by atoms with van der Waals surface area (Å²) in [5.74, 6) is -0.518. The predicted octanol–water partition coefficient (Wildman–Crippen LogP) is 0.132. The second-order valence-corrected chi connectivity index (χ2v) is 8.52. The Morgan fingerprint density at radius 3 is 2.23 bits per heavy atom. The molecule has 1 aromatic rings. The van der Waals surface area contributed by atoms with E-state index in [2.05, 4.69) is 4.90 Å². The molecular formula is C17H24FN3O4S. The number of rotatable bonds is 5. The van der Waals surface area contributed by atoms with Crippen LogP contribution in [0.15, 0.2) is 24.3 Å². The van der Waals surface area contributed by atoms with E-state index < -0.39 is 15.8 Å². The Kier molecular flexibility index (Phi) is 6.23. The van der Waals surface area contributed by atoms with Gasteiger partial charge in [-0.25, -0.2) is 12.8 Å². The van der Waals surface area contributed by atoms with Crippen LogP contribution in [0.5, 0.6) is 0 Å². The van der Waals surface area contributed by atoms with Crippen molar-refractivity contribution in [3.05, 3.63) is 35.6 Å². The molecule has 0 N–H and O–H groups in total. The van der Waals surface area contributed by atoms with E-state index in [1.807, 2.05) is 0 Å². The highest BCUT2D eigenvalue weighted by Crippen LogP contribution is 2.14. The molecule has 0 aliphatic carbocycles. The van der Waals surface area contributed by atoms with Crippen molar-refractivity contribution in [3.63, 3.8) is 0 Å². The molecule has 26 heavy (non-hydrogen) atoms. The van der Waals surface area contributed by atoms with Gasteiger partial charge in [0.05, 0.1) is 25.5 Å². The number of hydrogen-bond donors (Lipinski definition) is 0. The van der Waals surface area contributed by atoms with E-state index in [4.69, 9.17) is 4.74 Å². The van der Waals surface area contributed by atoms with Gasteiger partial charge in [-0.2, -0.15) is 4.31 Å². The number of amides is 1. The van der Waals surface area contributed by atoms with Gasteiger partial charge in [-0.05, 0) is 17.7 Å². The number of carbonyl (C=O) groups is 1. The summed E-state index contributed by atoms with van der Waals surface area (Å²) in [5, 5.41) is 0. The van der Waals surface area contributed by atoms with Crippen LogP contribution in [-0.2, 0) is 25.3 Å². The third kappa shape index (κ3) is 5.00. The summed E-state index contributed by atoms with van der Waals surface area (Å²) < 4.78 is 44.7. The van der Waals surface area contributed by atoms with Gasteiger partial charge in [0.1, 0.15) is 5.82 Å². The monoisotopic (exact) mass is 385 g/mol. The minimum atomic E-state index is -3.48. The summed E-state index contributed by atoms with van der Waals surface area (Å²) in [4.78, 5) is 16.2. The second-order valence-electron chi connectivity index (χ2n) is 6.55. The van der Waals surface area contributed by atoms with Gasteiger partial charge in [0.15, 0.2) is 0 Å². The molecule has 0 bridgehead atoms. The predicted molar refractivity (Wildman–Crippen MR) is 94.4 cm³/mol. The lowest BCUT2D eigenvalue weighted by molar-refractivity contribution is -0.134. The largest absolute Gasteiger partial charge is 0.379 e. The highest BCUT2D eigenvalue weighted by Gasteiger charge is 2.29. The van der Waals surface area contributed by atoms with Crippen molar-refractivity contribution in [1.29, 1.82) is 0 Å². The van der Waals surface area contributed by atoms with E-state index in [0.717, 1.165) is 13.1 Å². The third-order valence-electron chi connectivity index (χ3n) is 4.71. The van der Waals surface area contributed by atoms with Gasteiger partial charge in [0.25, 0.3) is 0 Å². The number of piperazine rings is 1. The first-order valence-electron chi connectivity index (χ1n) is 8.74. The van der Waals surface area contributed by atoms with E-state index in [-0.39, 0.29) is 11.7 Å². The van der Waals surface area contributed by atoms with Gasteiger partial charge in [-0.1, -0.05) is 12.1 Å². The van der Waals surface area contributed by atoms with Gasteiger partial charge in [-0.15, -0.1) is 0 Å². The molecule has 2 aliphatic rings. The first-order valence-corrected chi connectivity index (χ1v) is 10.3. The standard InChI is InChI=1S/C17H24FN3O4S/c18-16-3-1-15(2-4-16)14-26(23,24)21-7-5-20(6-8-21)17(22)13-19-9-11-25-12-10-19/h1-4H,5-14H2. The van der Waals surface area contributed by atoms with Crippen molar-refractivity contribution in [3.8, 4) is 0 Å². The fraction of sp³-hybridized carbons (Fsp3) is 0.588. The molecule has 0 aromatic heterocycles. The quantitative estimate of drug-likeness (QED) is 0.721. The number of nitrogens with zero attached hydrogens (tertiary/aromatic N) is 3. The van der Waals surface area contributed by atoms with Gasteiger partial charge in [0, 0.05) is 39.3 Å². The highest BCUT2D eigenvalue weighted by molar-refractivity contribution is 7.88. The number of carbonyl (C=O) groups excluding carboxylic acids is 1. The maximum Gasteiger partial charge on any atom is 0.236 e. The SMILES string of the molecule is O=C(CN1CCOCC1)N1CCN(S(=O)(=O)Cc2ccc(F)cc2)CC1. The van der Waals surface area contributed by atoms with E-state index in [1.165, 1.54) is 28.6 Å². The van der Waals surface area contributed by atoms with E-state index >= 15 is 0 Å². The van der Waals surface area contributed by atoms with Crippen molar-refractivity contribution in [1.82, 2.24) is 14.1 Å². The second kappa shape index (κ2) is 8.43. The minimum Gasteiger partial charge on any atom is -0.379 e. The number of hydrogen-bond acceptors (Lipinski definition) is 5. The first-order chi connectivity index (χ1) is 12.4. The molecule has 1 aromatic carbocycles. The molecule has 7 nitrogen and oxygen atoms in total. The maximum absolute atomic E-state index is 13.0. The molecule has 2 fully saturated rings. The lowest BCUT2D eigenvalue weighted by Crippen LogP contribution is -2.53. The van der Waals surface area contributed by atoms with Gasteiger partial charge < -0.3 is 9.64 Å². The van der Waals surface area contributed by atoms with Crippen LogP contribution in [0.2, 0.25) is 0 Å². The molecule has 1 amide bonds. The van der Waals surface area contributed by atoms with Crippen LogP contribution in [0.3, 0.4) is 0 Å². The molecule has 2 heterocycles. The number of benzene rings is 1. The van der Waals surface area contributed by atoms with Crippen LogP contribution in [-0.4, -0.2) is 87.5 Å². The van der Waals surface area contributed by atoms with Gasteiger partial charge in [0.2, 0.25) is 15.9 Å². The lowest BCUT2D eigenvalue weighted by Gasteiger charge is -2.35.